The van der Waals surface area contributed by atoms with Crippen LogP contribution < -0.4 is 0 Å². The summed E-state index contributed by atoms with van der Waals surface area (Å²) in [6.07, 6.45) is 0.152. The normalized spacial score (nSPS) is 11.3. The van der Waals surface area contributed by atoms with Gasteiger partial charge in [-0.05, 0) is 18.6 Å². The minimum Gasteiger partial charge on any atom is -0.396 e. The van der Waals surface area contributed by atoms with Crippen molar-refractivity contribution in [2.45, 2.75) is 11.3 Å². The van der Waals surface area contributed by atoms with Gasteiger partial charge in [0.1, 0.15) is 0 Å². The third-order valence-electron chi connectivity index (χ3n) is 1.98. The lowest BCUT2D eigenvalue weighted by Gasteiger charge is -2.02. The fraction of sp³-hybridized carbons (Fsp3) is 0.333. The third kappa shape index (κ3) is 3.01. The van der Waals surface area contributed by atoms with Gasteiger partial charge in [0, 0.05) is 18.7 Å². The van der Waals surface area contributed by atoms with E-state index in [1.807, 2.05) is 0 Å². The Kier molecular flexibility index (Phi) is 3.97. The largest absolute Gasteiger partial charge is 0.396 e. The molecule has 1 aromatic carbocycles. The molecule has 88 valence electrons. The molecule has 0 heterocycles. The quantitative estimate of drug-likeness (QED) is 0.609. The summed E-state index contributed by atoms with van der Waals surface area (Å²) >= 11 is 0. The summed E-state index contributed by atoms with van der Waals surface area (Å²) in [7, 11) is -3.45. The predicted molar refractivity (Wildman–Crippen MR) is 56.9 cm³/mol. The maximum absolute atomic E-state index is 11.6. The Morgan fingerprint density at radius 1 is 1.25 bits per heavy atom. The van der Waals surface area contributed by atoms with E-state index in [-0.39, 0.29) is 29.4 Å². The van der Waals surface area contributed by atoms with Gasteiger partial charge >= 0.3 is 0 Å². The summed E-state index contributed by atoms with van der Waals surface area (Å²) in [6.45, 7) is -0.202. The number of non-ortho nitro benzene ring substituents is 1. The lowest BCUT2D eigenvalue weighted by Crippen LogP contribution is -2.08. The minimum atomic E-state index is -3.45. The minimum absolute atomic E-state index is 0.0338. The molecule has 0 unspecified atom stereocenters. The number of aliphatic hydroxyl groups excluding tert-OH is 1. The van der Waals surface area contributed by atoms with Crippen LogP contribution in [0, 0.1) is 10.1 Å². The number of hydrogen-bond donors (Lipinski definition) is 1. The van der Waals surface area contributed by atoms with E-state index in [1.165, 1.54) is 12.1 Å². The standard InChI is InChI=1S/C9H11NO5S/c11-6-1-7-16(14,15)9-4-2-8(3-5-9)10(12)13/h2-5,11H,1,6-7H2. The molecular formula is C9H11NO5S. The fourth-order valence-electron chi connectivity index (χ4n) is 1.15. The molecule has 0 aliphatic rings. The van der Waals surface area contributed by atoms with Crippen molar-refractivity contribution in [3.8, 4) is 0 Å². The summed E-state index contributed by atoms with van der Waals surface area (Å²) in [6, 6.07) is 4.69. The van der Waals surface area contributed by atoms with Gasteiger partial charge in [-0.3, -0.25) is 10.1 Å². The zero-order valence-corrected chi connectivity index (χ0v) is 9.18. The van der Waals surface area contributed by atoms with Gasteiger partial charge in [0.2, 0.25) is 0 Å². The Bertz CT molecular complexity index is 465. The maximum Gasteiger partial charge on any atom is 0.269 e. The summed E-state index contributed by atoms with van der Waals surface area (Å²) < 4.78 is 23.2. The molecule has 6 nitrogen and oxygen atoms in total. The number of nitro benzene ring substituents is 1. The van der Waals surface area contributed by atoms with Crippen LogP contribution in [0.15, 0.2) is 29.2 Å². The molecule has 1 rings (SSSR count). The zero-order valence-electron chi connectivity index (χ0n) is 8.37. The second-order valence-electron chi connectivity index (χ2n) is 3.15. The first-order chi connectivity index (χ1) is 7.47. The van der Waals surface area contributed by atoms with Gasteiger partial charge in [-0.15, -0.1) is 0 Å². The lowest BCUT2D eigenvalue weighted by molar-refractivity contribution is -0.384. The van der Waals surface area contributed by atoms with Crippen LogP contribution in [0.5, 0.6) is 0 Å². The number of nitrogens with zero attached hydrogens (tertiary/aromatic N) is 1. The molecule has 16 heavy (non-hydrogen) atoms. The molecule has 7 heteroatoms. The summed E-state index contributed by atoms with van der Waals surface area (Å²) in [5.41, 5.74) is -0.152. The Balaban J connectivity index is 2.93. The SMILES string of the molecule is O=[N+]([O-])c1ccc(S(=O)(=O)CCCO)cc1. The van der Waals surface area contributed by atoms with E-state index in [4.69, 9.17) is 5.11 Å². The number of hydrogen-bond acceptors (Lipinski definition) is 5. The number of benzene rings is 1. The highest BCUT2D eigenvalue weighted by atomic mass is 32.2. The lowest BCUT2D eigenvalue weighted by atomic mass is 10.3. The highest BCUT2D eigenvalue weighted by Crippen LogP contribution is 2.17. The van der Waals surface area contributed by atoms with Crippen LogP contribution in [0.3, 0.4) is 0 Å². The van der Waals surface area contributed by atoms with Crippen LogP contribution in [-0.4, -0.2) is 30.8 Å². The average Bonchev–Trinajstić information content (AvgIpc) is 2.26. The highest BCUT2D eigenvalue weighted by molar-refractivity contribution is 7.91. The first-order valence-electron chi connectivity index (χ1n) is 4.55. The van der Waals surface area contributed by atoms with Gasteiger partial charge in [-0.25, -0.2) is 8.42 Å². The van der Waals surface area contributed by atoms with Crippen LogP contribution in [-0.2, 0) is 9.84 Å². The molecule has 0 spiro atoms. The predicted octanol–water partition coefficient (Wildman–Crippen LogP) is 0.751. The molecule has 0 aromatic heterocycles. The van der Waals surface area contributed by atoms with E-state index >= 15 is 0 Å². The molecule has 0 amide bonds. The van der Waals surface area contributed by atoms with Gasteiger partial charge in [0.25, 0.3) is 5.69 Å². The number of nitro groups is 1. The van der Waals surface area contributed by atoms with Crippen LogP contribution in [0.4, 0.5) is 5.69 Å². The van der Waals surface area contributed by atoms with E-state index in [9.17, 15) is 18.5 Å². The van der Waals surface area contributed by atoms with Crippen molar-refractivity contribution >= 4 is 15.5 Å². The number of rotatable bonds is 5. The highest BCUT2D eigenvalue weighted by Gasteiger charge is 2.15. The zero-order chi connectivity index (χ0) is 12.2. The van der Waals surface area contributed by atoms with Crippen LogP contribution in [0.2, 0.25) is 0 Å². The summed E-state index contributed by atoms with van der Waals surface area (Å²) in [5.74, 6) is -0.165. The molecular weight excluding hydrogens is 234 g/mol. The molecule has 0 fully saturated rings. The van der Waals surface area contributed by atoms with Gasteiger partial charge in [0.05, 0.1) is 15.6 Å². The maximum atomic E-state index is 11.6. The van der Waals surface area contributed by atoms with Crippen LogP contribution in [0.25, 0.3) is 0 Å². The second-order valence-corrected chi connectivity index (χ2v) is 5.26. The van der Waals surface area contributed by atoms with E-state index in [1.54, 1.807) is 0 Å². The van der Waals surface area contributed by atoms with Crippen molar-refractivity contribution in [2.75, 3.05) is 12.4 Å². The first kappa shape index (κ1) is 12.6. The second kappa shape index (κ2) is 5.04. The molecule has 1 aromatic rings. The molecule has 1 N–H and O–H groups in total. The molecule has 0 atom stereocenters. The van der Waals surface area contributed by atoms with Crippen molar-refractivity contribution in [1.82, 2.24) is 0 Å². The third-order valence-corrected chi connectivity index (χ3v) is 3.79. The molecule has 0 saturated carbocycles. The molecule has 0 bridgehead atoms. The van der Waals surface area contributed by atoms with Gasteiger partial charge in [0.15, 0.2) is 9.84 Å². The van der Waals surface area contributed by atoms with E-state index in [0.717, 1.165) is 12.1 Å². The summed E-state index contributed by atoms with van der Waals surface area (Å²) in [4.78, 5) is 9.80. The smallest absolute Gasteiger partial charge is 0.269 e. The van der Waals surface area contributed by atoms with Crippen molar-refractivity contribution in [1.29, 1.82) is 0 Å². The molecule has 0 saturated heterocycles. The van der Waals surface area contributed by atoms with E-state index in [0.29, 0.717) is 0 Å². The average molecular weight is 245 g/mol. The van der Waals surface area contributed by atoms with Gasteiger partial charge < -0.3 is 5.11 Å². The van der Waals surface area contributed by atoms with E-state index < -0.39 is 14.8 Å². The molecule has 0 aliphatic heterocycles. The Labute approximate surface area is 92.6 Å². The molecule has 0 radical (unpaired) electrons. The van der Waals surface area contributed by atoms with Crippen molar-refractivity contribution in [3.05, 3.63) is 34.4 Å². The first-order valence-corrected chi connectivity index (χ1v) is 6.20. The van der Waals surface area contributed by atoms with Crippen LogP contribution in [0.1, 0.15) is 6.42 Å². The Morgan fingerprint density at radius 2 is 1.81 bits per heavy atom. The van der Waals surface area contributed by atoms with Gasteiger partial charge in [-0.1, -0.05) is 0 Å². The van der Waals surface area contributed by atoms with Gasteiger partial charge in [-0.2, -0.15) is 0 Å². The Hall–Kier alpha value is -1.47. The number of aliphatic hydroxyl groups is 1. The number of sulfone groups is 1. The van der Waals surface area contributed by atoms with Crippen molar-refractivity contribution in [3.63, 3.8) is 0 Å². The topological polar surface area (TPSA) is 97.5 Å². The van der Waals surface area contributed by atoms with E-state index in [2.05, 4.69) is 0 Å². The monoisotopic (exact) mass is 245 g/mol. The van der Waals surface area contributed by atoms with Crippen molar-refractivity contribution < 1.29 is 18.4 Å². The van der Waals surface area contributed by atoms with Crippen LogP contribution >= 0.6 is 0 Å². The molecule has 0 aliphatic carbocycles. The van der Waals surface area contributed by atoms with Crippen molar-refractivity contribution in [2.24, 2.45) is 0 Å². The Morgan fingerprint density at radius 3 is 2.25 bits per heavy atom. The fourth-order valence-corrected chi connectivity index (χ4v) is 2.44. The summed E-state index contributed by atoms with van der Waals surface area (Å²) in [5, 5.41) is 18.9.